The minimum Gasteiger partial charge on any atom is -0.508 e. The molecule has 4 atom stereocenters. The number of nitrogens with zero attached hydrogens (tertiary/aromatic N) is 1. The second-order valence-electron chi connectivity index (χ2n) is 14.2. The molecule has 8 nitrogen and oxygen atoms in total. The normalized spacial score (nSPS) is 21.2. The van der Waals surface area contributed by atoms with Crippen molar-refractivity contribution >= 4 is 11.7 Å². The molecule has 266 valence electrons. The Hall–Kier alpha value is -3.96. The highest BCUT2D eigenvalue weighted by Crippen LogP contribution is 2.47. The number of unbranched alkanes of at least 4 members (excludes halogenated alkanes) is 1. The number of carbonyl (C=O) groups excluding carboxylic acids is 1. The molecule has 49 heavy (non-hydrogen) atoms. The number of hydrogen-bond acceptors (Lipinski definition) is 6. The zero-order valence-corrected chi connectivity index (χ0v) is 29.9. The van der Waals surface area contributed by atoms with E-state index >= 15 is 0 Å². The Morgan fingerprint density at radius 3 is 2.57 bits per heavy atom. The van der Waals surface area contributed by atoms with Crippen molar-refractivity contribution < 1.29 is 24.5 Å². The molecule has 1 saturated carbocycles. The highest BCUT2D eigenvalue weighted by Gasteiger charge is 2.34. The SMILES string of the molecule is CCC/C=C/C(=O)CCc1cc(OC2CCCC2)c(O)c2c1C#C[C@@H](c1cccc(O)c1)[C@H](N=C(N)N)CC[C@H](COC)[C@H]2CCC(C)C. The molecule has 0 unspecified atom stereocenters. The van der Waals surface area contributed by atoms with E-state index < -0.39 is 5.92 Å². The maximum atomic E-state index is 13.0. The lowest BCUT2D eigenvalue weighted by Crippen LogP contribution is -2.29. The predicted molar refractivity (Wildman–Crippen MR) is 197 cm³/mol. The van der Waals surface area contributed by atoms with Gasteiger partial charge in [-0.3, -0.25) is 4.79 Å². The number of methoxy groups -OCH3 is 1. The lowest BCUT2D eigenvalue weighted by Gasteiger charge is -2.33. The van der Waals surface area contributed by atoms with Crippen molar-refractivity contribution in [3.63, 3.8) is 0 Å². The van der Waals surface area contributed by atoms with E-state index in [0.717, 1.165) is 80.0 Å². The average Bonchev–Trinajstić information content (AvgIpc) is 3.57. The van der Waals surface area contributed by atoms with Crippen LogP contribution >= 0.6 is 0 Å². The van der Waals surface area contributed by atoms with Crippen LogP contribution in [0.15, 0.2) is 47.5 Å². The van der Waals surface area contributed by atoms with Gasteiger partial charge in [0.15, 0.2) is 23.2 Å². The van der Waals surface area contributed by atoms with Crippen LogP contribution in [0.4, 0.5) is 0 Å². The number of fused-ring (bicyclic) bond motifs is 1. The van der Waals surface area contributed by atoms with Crippen LogP contribution in [-0.2, 0) is 16.0 Å². The van der Waals surface area contributed by atoms with Gasteiger partial charge in [-0.05, 0) is 111 Å². The molecule has 2 aliphatic carbocycles. The number of ether oxygens (including phenoxy) is 2. The summed E-state index contributed by atoms with van der Waals surface area (Å²) in [6.07, 6.45) is 13.5. The second kappa shape index (κ2) is 18.7. The molecule has 2 aromatic rings. The van der Waals surface area contributed by atoms with Crippen molar-refractivity contribution in [3.05, 3.63) is 64.7 Å². The third kappa shape index (κ3) is 10.8. The molecule has 0 radical (unpaired) electrons. The zero-order valence-electron chi connectivity index (χ0n) is 29.9. The molecular formula is C41H57N3O5. The van der Waals surface area contributed by atoms with Gasteiger partial charge >= 0.3 is 0 Å². The molecule has 1 fully saturated rings. The molecule has 0 aliphatic heterocycles. The van der Waals surface area contributed by atoms with Crippen molar-refractivity contribution in [2.75, 3.05) is 13.7 Å². The molecule has 0 heterocycles. The Kier molecular flexibility index (Phi) is 14.5. The predicted octanol–water partition coefficient (Wildman–Crippen LogP) is 7.63. The topological polar surface area (TPSA) is 140 Å². The van der Waals surface area contributed by atoms with E-state index in [1.54, 1.807) is 31.4 Å². The number of allylic oxidation sites excluding steroid dienone is 2. The molecular weight excluding hydrogens is 614 g/mol. The average molecular weight is 672 g/mol. The lowest BCUT2D eigenvalue weighted by molar-refractivity contribution is -0.114. The first-order valence-corrected chi connectivity index (χ1v) is 18.2. The summed E-state index contributed by atoms with van der Waals surface area (Å²) >= 11 is 0. The number of nitrogens with two attached hydrogens (primary N) is 2. The van der Waals surface area contributed by atoms with Crippen LogP contribution in [-0.4, -0.2) is 47.8 Å². The lowest BCUT2D eigenvalue weighted by atomic mass is 9.74. The second-order valence-corrected chi connectivity index (χ2v) is 14.2. The Morgan fingerprint density at radius 1 is 1.12 bits per heavy atom. The molecule has 0 saturated heterocycles. The number of rotatable bonds is 15. The van der Waals surface area contributed by atoms with Gasteiger partial charge in [-0.25, -0.2) is 4.99 Å². The third-order valence-electron chi connectivity index (χ3n) is 9.87. The summed E-state index contributed by atoms with van der Waals surface area (Å²) in [5.74, 6) is 7.74. The summed E-state index contributed by atoms with van der Waals surface area (Å²) < 4.78 is 12.4. The largest absolute Gasteiger partial charge is 0.508 e. The molecule has 2 aliphatic rings. The Morgan fingerprint density at radius 2 is 1.90 bits per heavy atom. The Bertz CT molecular complexity index is 1510. The van der Waals surface area contributed by atoms with E-state index in [-0.39, 0.29) is 47.2 Å². The fraction of sp³-hybridized carbons (Fsp3) is 0.561. The van der Waals surface area contributed by atoms with Gasteiger partial charge in [0.25, 0.3) is 0 Å². The number of carbonyl (C=O) groups is 1. The van der Waals surface area contributed by atoms with E-state index in [9.17, 15) is 15.0 Å². The van der Waals surface area contributed by atoms with Gasteiger partial charge in [-0.2, -0.15) is 0 Å². The number of ketones is 1. The van der Waals surface area contributed by atoms with Crippen LogP contribution in [0, 0.1) is 23.7 Å². The summed E-state index contributed by atoms with van der Waals surface area (Å²) in [4.78, 5) is 17.7. The molecule has 8 heteroatoms. The molecule has 0 amide bonds. The first-order valence-electron chi connectivity index (χ1n) is 18.2. The number of aromatic hydroxyl groups is 2. The van der Waals surface area contributed by atoms with E-state index in [2.05, 4.69) is 37.6 Å². The van der Waals surface area contributed by atoms with Crippen LogP contribution in [0.3, 0.4) is 0 Å². The fourth-order valence-electron chi connectivity index (χ4n) is 7.32. The van der Waals surface area contributed by atoms with Crippen molar-refractivity contribution in [3.8, 4) is 29.1 Å². The molecule has 0 spiro atoms. The summed E-state index contributed by atoms with van der Waals surface area (Å²) in [6.45, 7) is 6.99. The molecule has 0 aromatic heterocycles. The van der Waals surface area contributed by atoms with Gasteiger partial charge in [0.05, 0.1) is 18.1 Å². The zero-order chi connectivity index (χ0) is 35.3. The number of guanidine groups is 1. The van der Waals surface area contributed by atoms with E-state index in [1.807, 2.05) is 18.2 Å². The van der Waals surface area contributed by atoms with Gasteiger partial charge in [0, 0.05) is 31.3 Å². The third-order valence-corrected chi connectivity index (χ3v) is 9.87. The quantitative estimate of drug-likeness (QED) is 0.0661. The van der Waals surface area contributed by atoms with Gasteiger partial charge in [-0.1, -0.05) is 63.7 Å². The van der Waals surface area contributed by atoms with Crippen molar-refractivity contribution in [1.29, 1.82) is 0 Å². The first kappa shape index (κ1) is 37.9. The minimum atomic E-state index is -0.444. The van der Waals surface area contributed by atoms with E-state index in [0.29, 0.717) is 37.5 Å². The molecule has 2 aromatic carbocycles. The van der Waals surface area contributed by atoms with Crippen molar-refractivity contribution in [2.24, 2.45) is 28.3 Å². The maximum Gasteiger partial charge on any atom is 0.186 e. The highest BCUT2D eigenvalue weighted by atomic mass is 16.5. The highest BCUT2D eigenvalue weighted by molar-refractivity contribution is 5.89. The van der Waals surface area contributed by atoms with Crippen LogP contribution < -0.4 is 16.2 Å². The Balaban J connectivity index is 1.99. The maximum absolute atomic E-state index is 13.0. The van der Waals surface area contributed by atoms with Crippen LogP contribution in [0.2, 0.25) is 0 Å². The Labute approximate surface area is 293 Å². The van der Waals surface area contributed by atoms with Crippen molar-refractivity contribution in [2.45, 2.75) is 122 Å². The summed E-state index contributed by atoms with van der Waals surface area (Å²) in [5.41, 5.74) is 15.2. The van der Waals surface area contributed by atoms with Crippen molar-refractivity contribution in [1.82, 2.24) is 0 Å². The summed E-state index contributed by atoms with van der Waals surface area (Å²) in [5, 5.41) is 22.7. The van der Waals surface area contributed by atoms with Gasteiger partial charge in [-0.15, -0.1) is 0 Å². The van der Waals surface area contributed by atoms with E-state index in [4.69, 9.17) is 20.9 Å². The minimum absolute atomic E-state index is 0.0167. The number of hydrogen-bond donors (Lipinski definition) is 4. The smallest absolute Gasteiger partial charge is 0.186 e. The number of phenols is 2. The number of phenolic OH excluding ortho intramolecular Hbond substituents is 2. The fourth-order valence-corrected chi connectivity index (χ4v) is 7.32. The molecule has 0 bridgehead atoms. The summed E-state index contributed by atoms with van der Waals surface area (Å²) in [7, 11) is 1.71. The van der Waals surface area contributed by atoms with Crippen LogP contribution in [0.1, 0.15) is 125 Å². The van der Waals surface area contributed by atoms with Crippen LogP contribution in [0.5, 0.6) is 17.2 Å². The first-order chi connectivity index (χ1) is 23.6. The summed E-state index contributed by atoms with van der Waals surface area (Å²) in [6, 6.07) is 8.59. The molecule has 6 N–H and O–H groups in total. The standard InChI is InChI=1S/C41H57N3O5/c1-5-6-7-12-31(45)19-17-29-25-38(49-33-14-8-9-15-33)40(47)39-35(29)22-21-34(28-11-10-13-32(46)24-28)37(44-41(42)43)23-18-30(26-48-4)36(39)20-16-27(2)3/h7,10-13,24-25,27,30,33-34,36-37,46-47H,5-6,8-9,14-20,23,26H2,1-4H3,(H4,42,43,44)/b12-7+/t30-,34+,36-,37-/m1/s1. The van der Waals surface area contributed by atoms with Crippen LogP contribution in [0.25, 0.3) is 0 Å². The number of aryl methyl sites for hydroxylation is 1. The number of aliphatic imine (C=N–C) groups is 1. The van der Waals surface area contributed by atoms with Gasteiger partial charge < -0.3 is 31.2 Å². The van der Waals surface area contributed by atoms with E-state index in [1.165, 1.54) is 0 Å². The van der Waals surface area contributed by atoms with Gasteiger partial charge in [0.2, 0.25) is 0 Å². The monoisotopic (exact) mass is 671 g/mol. The van der Waals surface area contributed by atoms with Gasteiger partial charge in [0.1, 0.15) is 5.75 Å². The molecule has 4 rings (SSSR count). The number of benzene rings is 2.